The smallest absolute Gasteiger partial charge is 0.223 e. The van der Waals surface area contributed by atoms with Crippen LogP contribution >= 0.6 is 12.4 Å². The molecule has 23 heavy (non-hydrogen) atoms. The van der Waals surface area contributed by atoms with Crippen LogP contribution in [0.4, 0.5) is 5.69 Å². The molecular weight excluding hydrogens is 312 g/mol. The van der Waals surface area contributed by atoms with Crippen molar-refractivity contribution >= 4 is 24.0 Å². The van der Waals surface area contributed by atoms with E-state index in [9.17, 15) is 4.79 Å². The number of hydrogen-bond acceptors (Lipinski definition) is 4. The van der Waals surface area contributed by atoms with Crippen LogP contribution in [0.5, 0.6) is 0 Å². The molecular formula is C17H27ClN4O. The Bertz CT molecular complexity index is 471. The van der Waals surface area contributed by atoms with Crippen LogP contribution in [0.25, 0.3) is 0 Å². The number of nitrogens with zero attached hydrogens (tertiary/aromatic N) is 2. The number of piperidine rings is 2. The molecule has 0 unspecified atom stereocenters. The normalized spacial score (nSPS) is 19.9. The molecule has 2 N–H and O–H groups in total. The number of hydrogen-bond donors (Lipinski definition) is 2. The van der Waals surface area contributed by atoms with Crippen molar-refractivity contribution in [1.82, 2.24) is 15.6 Å². The van der Waals surface area contributed by atoms with Crippen LogP contribution in [-0.4, -0.2) is 43.6 Å². The Hall–Kier alpha value is -1.33. The van der Waals surface area contributed by atoms with Crippen molar-refractivity contribution in [2.75, 3.05) is 37.6 Å². The summed E-state index contributed by atoms with van der Waals surface area (Å²) in [6, 6.07) is 4.14. The minimum absolute atomic E-state index is 0. The van der Waals surface area contributed by atoms with Gasteiger partial charge in [0.1, 0.15) is 0 Å². The quantitative estimate of drug-likeness (QED) is 0.879. The maximum absolute atomic E-state index is 12.2. The molecule has 0 aliphatic carbocycles. The van der Waals surface area contributed by atoms with Gasteiger partial charge in [-0.25, -0.2) is 0 Å². The van der Waals surface area contributed by atoms with E-state index in [4.69, 9.17) is 0 Å². The van der Waals surface area contributed by atoms with Crippen LogP contribution in [0.3, 0.4) is 0 Å². The van der Waals surface area contributed by atoms with Crippen LogP contribution in [0, 0.1) is 11.8 Å². The molecule has 6 heteroatoms. The van der Waals surface area contributed by atoms with Crippen LogP contribution in [-0.2, 0) is 4.79 Å². The van der Waals surface area contributed by atoms with Crippen LogP contribution < -0.4 is 15.5 Å². The second kappa shape index (κ2) is 9.08. The number of rotatable bonds is 4. The zero-order valence-corrected chi connectivity index (χ0v) is 14.4. The van der Waals surface area contributed by atoms with Crippen molar-refractivity contribution in [3.8, 4) is 0 Å². The minimum Gasteiger partial charge on any atom is -0.371 e. The van der Waals surface area contributed by atoms with Gasteiger partial charge < -0.3 is 15.5 Å². The fraction of sp³-hybridized carbons (Fsp3) is 0.647. The lowest BCUT2D eigenvalue weighted by atomic mass is 9.94. The van der Waals surface area contributed by atoms with E-state index < -0.39 is 0 Å². The van der Waals surface area contributed by atoms with Gasteiger partial charge in [-0.1, -0.05) is 0 Å². The zero-order valence-electron chi connectivity index (χ0n) is 13.5. The first kappa shape index (κ1) is 18.0. The van der Waals surface area contributed by atoms with Crippen molar-refractivity contribution in [2.45, 2.75) is 25.7 Å². The predicted molar refractivity (Wildman–Crippen MR) is 95.0 cm³/mol. The highest BCUT2D eigenvalue weighted by Crippen LogP contribution is 2.22. The monoisotopic (exact) mass is 338 g/mol. The van der Waals surface area contributed by atoms with Crippen LogP contribution in [0.2, 0.25) is 0 Å². The number of aromatic nitrogens is 1. The lowest BCUT2D eigenvalue weighted by Crippen LogP contribution is -2.42. The molecule has 3 heterocycles. The zero-order chi connectivity index (χ0) is 15.2. The number of anilines is 1. The highest BCUT2D eigenvalue weighted by Gasteiger charge is 2.23. The Labute approximate surface area is 144 Å². The molecule has 5 nitrogen and oxygen atoms in total. The van der Waals surface area contributed by atoms with Crippen molar-refractivity contribution in [2.24, 2.45) is 11.8 Å². The van der Waals surface area contributed by atoms with E-state index in [0.717, 1.165) is 58.4 Å². The van der Waals surface area contributed by atoms with Gasteiger partial charge in [-0.2, -0.15) is 0 Å². The summed E-state index contributed by atoms with van der Waals surface area (Å²) in [5.74, 6) is 1.10. The number of carbonyl (C=O) groups excluding carboxylic acids is 1. The van der Waals surface area contributed by atoms with Crippen molar-refractivity contribution < 1.29 is 4.79 Å². The maximum atomic E-state index is 12.2. The highest BCUT2D eigenvalue weighted by molar-refractivity contribution is 5.85. The highest BCUT2D eigenvalue weighted by atomic mass is 35.5. The van der Waals surface area contributed by atoms with E-state index in [0.29, 0.717) is 5.92 Å². The SMILES string of the molecule is Cl.O=C(NCC1CCN(c2ccncc2)CC1)C1CCNCC1. The Morgan fingerprint density at radius 2 is 1.83 bits per heavy atom. The molecule has 0 aromatic carbocycles. The predicted octanol–water partition coefficient (Wildman–Crippen LogP) is 1.84. The molecule has 0 spiro atoms. The molecule has 128 valence electrons. The number of carbonyl (C=O) groups is 1. The second-order valence-corrected chi connectivity index (χ2v) is 6.41. The average Bonchev–Trinajstić information content (AvgIpc) is 2.61. The fourth-order valence-corrected chi connectivity index (χ4v) is 3.42. The molecule has 2 aliphatic heterocycles. The number of amides is 1. The summed E-state index contributed by atoms with van der Waals surface area (Å²) in [5, 5.41) is 6.49. The third kappa shape index (κ3) is 5.08. The molecule has 0 atom stereocenters. The first-order chi connectivity index (χ1) is 10.8. The van der Waals surface area contributed by atoms with Crippen LogP contribution in [0.15, 0.2) is 24.5 Å². The molecule has 1 aromatic heterocycles. The Balaban J connectivity index is 0.00000192. The van der Waals surface area contributed by atoms with Gasteiger partial charge in [-0.15, -0.1) is 12.4 Å². The Kier molecular flexibility index (Phi) is 7.12. The van der Waals surface area contributed by atoms with Gasteiger partial charge in [0.2, 0.25) is 5.91 Å². The molecule has 1 amide bonds. The molecule has 0 saturated carbocycles. The summed E-state index contributed by atoms with van der Waals surface area (Å²) in [4.78, 5) is 18.6. The van der Waals surface area contributed by atoms with Gasteiger partial charge in [-0.3, -0.25) is 9.78 Å². The molecule has 1 aromatic rings. The summed E-state index contributed by atoms with van der Waals surface area (Å²) >= 11 is 0. The Morgan fingerprint density at radius 3 is 2.48 bits per heavy atom. The molecule has 0 radical (unpaired) electrons. The largest absolute Gasteiger partial charge is 0.371 e. The molecule has 2 aliphatic rings. The van der Waals surface area contributed by atoms with Crippen molar-refractivity contribution in [3.63, 3.8) is 0 Å². The van der Waals surface area contributed by atoms with E-state index in [1.165, 1.54) is 5.69 Å². The van der Waals surface area contributed by atoms with E-state index in [-0.39, 0.29) is 24.2 Å². The van der Waals surface area contributed by atoms with Gasteiger partial charge in [0.15, 0.2) is 0 Å². The van der Waals surface area contributed by atoms with Gasteiger partial charge in [0.25, 0.3) is 0 Å². The summed E-state index contributed by atoms with van der Waals surface area (Å²) in [5.41, 5.74) is 1.26. The van der Waals surface area contributed by atoms with Gasteiger partial charge in [-0.05, 0) is 56.8 Å². The first-order valence-electron chi connectivity index (χ1n) is 8.46. The van der Waals surface area contributed by atoms with E-state index in [1.54, 1.807) is 0 Å². The number of nitrogens with one attached hydrogen (secondary N) is 2. The van der Waals surface area contributed by atoms with Crippen molar-refractivity contribution in [3.05, 3.63) is 24.5 Å². The van der Waals surface area contributed by atoms with Gasteiger partial charge >= 0.3 is 0 Å². The minimum atomic E-state index is 0. The summed E-state index contributed by atoms with van der Waals surface area (Å²) in [6.45, 7) is 4.92. The topological polar surface area (TPSA) is 57.3 Å². The number of pyridine rings is 1. The summed E-state index contributed by atoms with van der Waals surface area (Å²) in [6.07, 6.45) is 7.95. The van der Waals surface area contributed by atoms with Crippen molar-refractivity contribution in [1.29, 1.82) is 0 Å². The first-order valence-corrected chi connectivity index (χ1v) is 8.46. The molecule has 2 saturated heterocycles. The third-order valence-corrected chi connectivity index (χ3v) is 4.92. The lowest BCUT2D eigenvalue weighted by Gasteiger charge is -2.34. The van der Waals surface area contributed by atoms with E-state index in [2.05, 4.69) is 32.7 Å². The van der Waals surface area contributed by atoms with E-state index in [1.807, 2.05) is 12.4 Å². The second-order valence-electron chi connectivity index (χ2n) is 6.41. The molecule has 2 fully saturated rings. The standard InChI is InChI=1S/C17H26N4O.ClH/c22-17(15-1-7-18-8-2-15)20-13-14-5-11-21(12-6-14)16-3-9-19-10-4-16;/h3-4,9-10,14-15,18H,1-2,5-8,11-13H2,(H,20,22);1H. The molecule has 0 bridgehead atoms. The third-order valence-electron chi connectivity index (χ3n) is 4.92. The fourth-order valence-electron chi connectivity index (χ4n) is 3.42. The van der Waals surface area contributed by atoms with Gasteiger partial charge in [0, 0.05) is 43.6 Å². The van der Waals surface area contributed by atoms with Gasteiger partial charge in [0.05, 0.1) is 0 Å². The van der Waals surface area contributed by atoms with Crippen LogP contribution in [0.1, 0.15) is 25.7 Å². The molecule has 3 rings (SSSR count). The summed E-state index contributed by atoms with van der Waals surface area (Å²) in [7, 11) is 0. The maximum Gasteiger partial charge on any atom is 0.223 e. The lowest BCUT2D eigenvalue weighted by molar-refractivity contribution is -0.125. The summed E-state index contributed by atoms with van der Waals surface area (Å²) < 4.78 is 0. The van der Waals surface area contributed by atoms with E-state index >= 15 is 0 Å². The number of halogens is 1. The Morgan fingerprint density at radius 1 is 1.17 bits per heavy atom. The average molecular weight is 339 g/mol.